The van der Waals surface area contributed by atoms with Gasteiger partial charge in [-0.1, -0.05) is 0 Å². The number of carboxylic acid groups (broad SMARTS) is 1. The predicted octanol–water partition coefficient (Wildman–Crippen LogP) is 2.55. The van der Waals surface area contributed by atoms with E-state index in [1.165, 1.54) is 17.7 Å². The van der Waals surface area contributed by atoms with Gasteiger partial charge < -0.3 is 14.7 Å². The molecule has 1 aliphatic heterocycles. The van der Waals surface area contributed by atoms with E-state index in [1.807, 2.05) is 0 Å². The second-order valence-corrected chi connectivity index (χ2v) is 6.13. The smallest absolute Gasteiger partial charge is 0.326 e. The van der Waals surface area contributed by atoms with Crippen LogP contribution in [-0.4, -0.2) is 41.1 Å². The number of carbonyl (C=O) groups is 2. The standard InChI is InChI=1S/C17H21NO4/c19-16(18-10-2-1-3-15(18)17(20)21)13-6-8-14(9-7-13)22-11-12-4-5-12/h6-9,12,15H,1-5,10-11H2,(H,20,21). The van der Waals surface area contributed by atoms with E-state index in [-0.39, 0.29) is 5.91 Å². The van der Waals surface area contributed by atoms with Gasteiger partial charge in [0.1, 0.15) is 11.8 Å². The van der Waals surface area contributed by atoms with Crippen molar-refractivity contribution in [2.45, 2.75) is 38.1 Å². The Hall–Kier alpha value is -2.04. The molecule has 1 amide bonds. The Balaban J connectivity index is 1.66. The second kappa shape index (κ2) is 6.38. The van der Waals surface area contributed by atoms with Gasteiger partial charge in [-0.3, -0.25) is 4.79 Å². The fourth-order valence-corrected chi connectivity index (χ4v) is 2.79. The molecule has 3 rings (SSSR count). The van der Waals surface area contributed by atoms with Crippen molar-refractivity contribution in [1.29, 1.82) is 0 Å². The van der Waals surface area contributed by atoms with Gasteiger partial charge in [-0.2, -0.15) is 0 Å². The number of carbonyl (C=O) groups excluding carboxylic acids is 1. The number of likely N-dealkylation sites (tertiary alicyclic amines) is 1. The fraction of sp³-hybridized carbons (Fsp3) is 0.529. The van der Waals surface area contributed by atoms with Crippen LogP contribution in [0.3, 0.4) is 0 Å². The minimum absolute atomic E-state index is 0.208. The minimum atomic E-state index is -0.919. The van der Waals surface area contributed by atoms with E-state index in [0.29, 0.717) is 24.4 Å². The zero-order chi connectivity index (χ0) is 15.5. The van der Waals surface area contributed by atoms with Crippen LogP contribution in [0.2, 0.25) is 0 Å². The van der Waals surface area contributed by atoms with Gasteiger partial charge in [0, 0.05) is 12.1 Å². The Labute approximate surface area is 129 Å². The van der Waals surface area contributed by atoms with Gasteiger partial charge in [0.15, 0.2) is 0 Å². The van der Waals surface area contributed by atoms with Crippen molar-refractivity contribution in [3.05, 3.63) is 29.8 Å². The lowest BCUT2D eigenvalue weighted by Crippen LogP contribution is -2.47. The lowest BCUT2D eigenvalue weighted by molar-refractivity contribution is -0.143. The molecule has 1 heterocycles. The van der Waals surface area contributed by atoms with E-state index in [9.17, 15) is 14.7 Å². The van der Waals surface area contributed by atoms with Crippen LogP contribution in [0.4, 0.5) is 0 Å². The summed E-state index contributed by atoms with van der Waals surface area (Å²) < 4.78 is 5.65. The second-order valence-electron chi connectivity index (χ2n) is 6.13. The molecule has 118 valence electrons. The van der Waals surface area contributed by atoms with Gasteiger partial charge in [-0.25, -0.2) is 4.79 Å². The molecule has 1 atom stereocenters. The zero-order valence-corrected chi connectivity index (χ0v) is 12.5. The molecule has 1 saturated heterocycles. The number of piperidine rings is 1. The van der Waals surface area contributed by atoms with Gasteiger partial charge in [0.25, 0.3) is 5.91 Å². The van der Waals surface area contributed by atoms with Gasteiger partial charge >= 0.3 is 5.97 Å². The first-order valence-corrected chi connectivity index (χ1v) is 7.92. The van der Waals surface area contributed by atoms with Crippen molar-refractivity contribution in [2.75, 3.05) is 13.2 Å². The molecule has 1 N–H and O–H groups in total. The molecule has 1 aliphatic carbocycles. The molecule has 22 heavy (non-hydrogen) atoms. The van der Waals surface area contributed by atoms with Crippen LogP contribution >= 0.6 is 0 Å². The summed E-state index contributed by atoms with van der Waals surface area (Å²) >= 11 is 0. The summed E-state index contributed by atoms with van der Waals surface area (Å²) in [5.74, 6) is 0.321. The molecule has 0 bridgehead atoms. The molecule has 1 saturated carbocycles. The molecule has 2 aliphatic rings. The SMILES string of the molecule is O=C(O)C1CCCCN1C(=O)c1ccc(OCC2CC2)cc1. The Morgan fingerprint density at radius 1 is 1.14 bits per heavy atom. The van der Waals surface area contributed by atoms with Crippen LogP contribution < -0.4 is 4.74 Å². The number of rotatable bonds is 5. The third kappa shape index (κ3) is 3.40. The Bertz CT molecular complexity index is 550. The molecule has 0 radical (unpaired) electrons. The number of ether oxygens (including phenoxy) is 1. The van der Waals surface area contributed by atoms with Crippen molar-refractivity contribution in [1.82, 2.24) is 4.90 Å². The number of carboxylic acids is 1. The summed E-state index contributed by atoms with van der Waals surface area (Å²) in [5.41, 5.74) is 0.520. The number of amides is 1. The highest BCUT2D eigenvalue weighted by Gasteiger charge is 2.32. The maximum Gasteiger partial charge on any atom is 0.326 e. The van der Waals surface area contributed by atoms with Crippen LogP contribution in [0.5, 0.6) is 5.75 Å². The van der Waals surface area contributed by atoms with E-state index < -0.39 is 12.0 Å². The molecule has 0 spiro atoms. The zero-order valence-electron chi connectivity index (χ0n) is 12.5. The van der Waals surface area contributed by atoms with E-state index in [1.54, 1.807) is 24.3 Å². The van der Waals surface area contributed by atoms with Gasteiger partial charge in [0.05, 0.1) is 6.61 Å². The van der Waals surface area contributed by atoms with Crippen LogP contribution in [-0.2, 0) is 4.79 Å². The van der Waals surface area contributed by atoms with Crippen LogP contribution in [0.15, 0.2) is 24.3 Å². The largest absolute Gasteiger partial charge is 0.493 e. The molecule has 1 unspecified atom stereocenters. The van der Waals surface area contributed by atoms with E-state index in [4.69, 9.17) is 4.74 Å². The monoisotopic (exact) mass is 303 g/mol. The summed E-state index contributed by atoms with van der Waals surface area (Å²) in [5, 5.41) is 9.26. The van der Waals surface area contributed by atoms with Gasteiger partial charge in [-0.15, -0.1) is 0 Å². The molecule has 5 heteroatoms. The van der Waals surface area contributed by atoms with Crippen molar-refractivity contribution < 1.29 is 19.4 Å². The van der Waals surface area contributed by atoms with E-state index in [0.717, 1.165) is 25.2 Å². The number of nitrogens with zero attached hydrogens (tertiary/aromatic N) is 1. The summed E-state index contributed by atoms with van der Waals surface area (Å²) in [6.45, 7) is 1.25. The first-order valence-electron chi connectivity index (χ1n) is 7.92. The summed E-state index contributed by atoms with van der Waals surface area (Å²) in [6, 6.07) is 6.31. The Kier molecular flexibility index (Phi) is 4.32. The molecule has 2 fully saturated rings. The summed E-state index contributed by atoms with van der Waals surface area (Å²) in [4.78, 5) is 25.3. The molecule has 1 aromatic rings. The van der Waals surface area contributed by atoms with Crippen molar-refractivity contribution in [2.24, 2.45) is 5.92 Å². The van der Waals surface area contributed by atoms with Gasteiger partial charge in [0.2, 0.25) is 0 Å². The van der Waals surface area contributed by atoms with E-state index in [2.05, 4.69) is 0 Å². The topological polar surface area (TPSA) is 66.8 Å². The molecule has 5 nitrogen and oxygen atoms in total. The number of hydrogen-bond acceptors (Lipinski definition) is 3. The number of hydrogen-bond donors (Lipinski definition) is 1. The Morgan fingerprint density at radius 3 is 2.50 bits per heavy atom. The quantitative estimate of drug-likeness (QED) is 0.908. The van der Waals surface area contributed by atoms with Crippen LogP contribution in [0.1, 0.15) is 42.5 Å². The van der Waals surface area contributed by atoms with Crippen LogP contribution in [0, 0.1) is 5.92 Å². The molecule has 1 aromatic carbocycles. The highest BCUT2D eigenvalue weighted by Crippen LogP contribution is 2.29. The van der Waals surface area contributed by atoms with Crippen molar-refractivity contribution in [3.63, 3.8) is 0 Å². The maximum absolute atomic E-state index is 12.5. The third-order valence-electron chi connectivity index (χ3n) is 4.33. The van der Waals surface area contributed by atoms with Gasteiger partial charge in [-0.05, 0) is 62.3 Å². The molecular weight excluding hydrogens is 282 g/mol. The summed E-state index contributed by atoms with van der Waals surface area (Å²) in [6.07, 6.45) is 4.72. The fourth-order valence-electron chi connectivity index (χ4n) is 2.79. The van der Waals surface area contributed by atoms with Crippen molar-refractivity contribution in [3.8, 4) is 5.75 Å². The molecular formula is C17H21NO4. The lowest BCUT2D eigenvalue weighted by atomic mass is 10.0. The van der Waals surface area contributed by atoms with Crippen LogP contribution in [0.25, 0.3) is 0 Å². The minimum Gasteiger partial charge on any atom is -0.493 e. The first kappa shape index (κ1) is 14.9. The number of aliphatic carboxylic acids is 1. The highest BCUT2D eigenvalue weighted by molar-refractivity contribution is 5.96. The predicted molar refractivity (Wildman–Crippen MR) is 81.0 cm³/mol. The average Bonchev–Trinajstić information content (AvgIpc) is 3.37. The highest BCUT2D eigenvalue weighted by atomic mass is 16.5. The average molecular weight is 303 g/mol. The van der Waals surface area contributed by atoms with Crippen molar-refractivity contribution >= 4 is 11.9 Å². The maximum atomic E-state index is 12.5. The third-order valence-corrected chi connectivity index (χ3v) is 4.33. The van der Waals surface area contributed by atoms with E-state index >= 15 is 0 Å². The number of benzene rings is 1. The molecule has 0 aromatic heterocycles. The summed E-state index contributed by atoms with van der Waals surface area (Å²) in [7, 11) is 0. The Morgan fingerprint density at radius 2 is 1.86 bits per heavy atom. The lowest BCUT2D eigenvalue weighted by Gasteiger charge is -2.33. The normalized spacial score (nSPS) is 21.5. The first-order chi connectivity index (χ1) is 10.6.